The smallest absolute Gasteiger partial charge is 0.399 e. The number of alkyl halides is 3. The average Bonchev–Trinajstić information content (AvgIpc) is 2.26. The van der Waals surface area contributed by atoms with E-state index in [0.717, 1.165) is 12.1 Å². The van der Waals surface area contributed by atoms with Crippen molar-refractivity contribution in [3.63, 3.8) is 0 Å². The van der Waals surface area contributed by atoms with Crippen molar-refractivity contribution in [2.24, 2.45) is 0 Å². The third-order valence-corrected chi connectivity index (χ3v) is 2.58. The first-order chi connectivity index (χ1) is 8.77. The number of nitrogens with two attached hydrogens (primary N) is 2. The standard InChI is InChI=1S/C13H10F4N2/c14-8-1-2-11(12(5-8)13(15,16)17)7-3-9(18)6-10(19)4-7/h1-6H,18-19H2. The third-order valence-electron chi connectivity index (χ3n) is 2.58. The largest absolute Gasteiger partial charge is 0.417 e. The molecule has 2 rings (SSSR count). The molecule has 0 saturated carbocycles. The Balaban J connectivity index is 2.68. The molecule has 0 aliphatic heterocycles. The van der Waals surface area contributed by atoms with Gasteiger partial charge in [-0.05, 0) is 41.5 Å². The summed E-state index contributed by atoms with van der Waals surface area (Å²) in [5.74, 6) is -0.951. The Morgan fingerprint density at radius 1 is 0.842 bits per heavy atom. The molecule has 2 aromatic rings. The fourth-order valence-electron chi connectivity index (χ4n) is 1.83. The number of anilines is 2. The molecule has 0 aliphatic carbocycles. The predicted octanol–water partition coefficient (Wildman–Crippen LogP) is 3.68. The van der Waals surface area contributed by atoms with Crippen molar-refractivity contribution in [3.8, 4) is 11.1 Å². The molecule has 2 aromatic carbocycles. The van der Waals surface area contributed by atoms with Gasteiger partial charge in [-0.3, -0.25) is 0 Å². The van der Waals surface area contributed by atoms with Crippen LogP contribution in [0, 0.1) is 5.82 Å². The highest BCUT2D eigenvalue weighted by Crippen LogP contribution is 2.38. The van der Waals surface area contributed by atoms with Crippen LogP contribution in [0.15, 0.2) is 36.4 Å². The van der Waals surface area contributed by atoms with Crippen molar-refractivity contribution in [2.45, 2.75) is 6.18 Å². The van der Waals surface area contributed by atoms with Gasteiger partial charge in [0.15, 0.2) is 0 Å². The first-order valence-electron chi connectivity index (χ1n) is 5.30. The van der Waals surface area contributed by atoms with E-state index in [1.165, 1.54) is 18.2 Å². The molecule has 0 aliphatic rings. The lowest BCUT2D eigenvalue weighted by Gasteiger charge is -2.14. The van der Waals surface area contributed by atoms with Gasteiger partial charge in [0.25, 0.3) is 0 Å². The second kappa shape index (κ2) is 4.46. The molecule has 0 heterocycles. The van der Waals surface area contributed by atoms with E-state index >= 15 is 0 Å². The van der Waals surface area contributed by atoms with E-state index in [2.05, 4.69) is 0 Å². The Morgan fingerprint density at radius 3 is 1.95 bits per heavy atom. The van der Waals surface area contributed by atoms with Crippen molar-refractivity contribution >= 4 is 11.4 Å². The van der Waals surface area contributed by atoms with E-state index in [-0.39, 0.29) is 22.5 Å². The van der Waals surface area contributed by atoms with Crippen LogP contribution in [0.5, 0.6) is 0 Å². The van der Waals surface area contributed by atoms with Crippen LogP contribution in [0.1, 0.15) is 5.56 Å². The van der Waals surface area contributed by atoms with Crippen molar-refractivity contribution in [1.82, 2.24) is 0 Å². The lowest BCUT2D eigenvalue weighted by atomic mass is 9.98. The van der Waals surface area contributed by atoms with Crippen LogP contribution in [0.3, 0.4) is 0 Å². The van der Waals surface area contributed by atoms with Gasteiger partial charge < -0.3 is 11.5 Å². The third kappa shape index (κ3) is 2.78. The maximum Gasteiger partial charge on any atom is 0.417 e. The summed E-state index contributed by atoms with van der Waals surface area (Å²) in [5, 5.41) is 0. The summed E-state index contributed by atoms with van der Waals surface area (Å²) in [6.07, 6.45) is -4.66. The number of hydrogen-bond donors (Lipinski definition) is 2. The summed E-state index contributed by atoms with van der Waals surface area (Å²) in [7, 11) is 0. The topological polar surface area (TPSA) is 52.0 Å². The molecule has 100 valence electrons. The normalized spacial score (nSPS) is 11.6. The van der Waals surface area contributed by atoms with Crippen LogP contribution in [0.25, 0.3) is 11.1 Å². The molecular weight excluding hydrogens is 260 g/mol. The maximum absolute atomic E-state index is 13.0. The second-order valence-corrected chi connectivity index (χ2v) is 4.08. The average molecular weight is 270 g/mol. The van der Waals surface area contributed by atoms with Gasteiger partial charge in [-0.15, -0.1) is 0 Å². The molecule has 0 bridgehead atoms. The highest BCUT2D eigenvalue weighted by molar-refractivity contribution is 5.75. The molecule has 0 atom stereocenters. The van der Waals surface area contributed by atoms with Crippen LogP contribution in [0.2, 0.25) is 0 Å². The van der Waals surface area contributed by atoms with Gasteiger partial charge in [0, 0.05) is 11.4 Å². The highest BCUT2D eigenvalue weighted by atomic mass is 19.4. The van der Waals surface area contributed by atoms with E-state index in [1.54, 1.807) is 0 Å². The first-order valence-corrected chi connectivity index (χ1v) is 5.30. The van der Waals surface area contributed by atoms with Gasteiger partial charge in [0.05, 0.1) is 5.56 Å². The molecule has 4 N–H and O–H groups in total. The Hall–Kier alpha value is -2.24. The molecule has 0 fully saturated rings. The molecule has 19 heavy (non-hydrogen) atoms. The van der Waals surface area contributed by atoms with Crippen LogP contribution in [-0.2, 0) is 6.18 Å². The van der Waals surface area contributed by atoms with Gasteiger partial charge in [-0.2, -0.15) is 13.2 Å². The van der Waals surface area contributed by atoms with E-state index in [9.17, 15) is 17.6 Å². The fourth-order valence-corrected chi connectivity index (χ4v) is 1.83. The molecule has 6 heteroatoms. The molecule has 0 aromatic heterocycles. The number of benzene rings is 2. The van der Waals surface area contributed by atoms with Gasteiger partial charge in [0.2, 0.25) is 0 Å². The summed E-state index contributed by atoms with van der Waals surface area (Å²) < 4.78 is 51.7. The van der Waals surface area contributed by atoms with E-state index in [4.69, 9.17) is 11.5 Å². The SMILES string of the molecule is Nc1cc(N)cc(-c2ccc(F)cc2C(F)(F)F)c1. The zero-order chi connectivity index (χ0) is 14.2. The Morgan fingerprint density at radius 2 is 1.42 bits per heavy atom. The summed E-state index contributed by atoms with van der Waals surface area (Å²) >= 11 is 0. The minimum atomic E-state index is -4.66. The quantitative estimate of drug-likeness (QED) is 0.613. The minimum absolute atomic E-state index is 0.159. The number of halogens is 4. The fraction of sp³-hybridized carbons (Fsp3) is 0.0769. The van der Waals surface area contributed by atoms with Crippen molar-refractivity contribution < 1.29 is 17.6 Å². The summed E-state index contributed by atoms with van der Waals surface area (Å²) in [6.45, 7) is 0. The van der Waals surface area contributed by atoms with Gasteiger partial charge in [-0.1, -0.05) is 6.07 Å². The monoisotopic (exact) mass is 270 g/mol. The van der Waals surface area contributed by atoms with Gasteiger partial charge in [-0.25, -0.2) is 4.39 Å². The summed E-state index contributed by atoms with van der Waals surface area (Å²) in [5.41, 5.74) is 10.6. The molecule has 0 spiro atoms. The zero-order valence-corrected chi connectivity index (χ0v) is 9.63. The Bertz CT molecular complexity index is 600. The highest BCUT2D eigenvalue weighted by Gasteiger charge is 2.34. The molecule has 0 radical (unpaired) electrons. The van der Waals surface area contributed by atoms with E-state index in [0.29, 0.717) is 6.07 Å². The molecule has 0 amide bonds. The number of hydrogen-bond acceptors (Lipinski definition) is 2. The van der Waals surface area contributed by atoms with Gasteiger partial charge in [0.1, 0.15) is 5.82 Å². The van der Waals surface area contributed by atoms with Crippen molar-refractivity contribution in [1.29, 1.82) is 0 Å². The molecule has 0 unspecified atom stereocenters. The van der Waals surface area contributed by atoms with Crippen LogP contribution in [0.4, 0.5) is 28.9 Å². The van der Waals surface area contributed by atoms with E-state index in [1.807, 2.05) is 0 Å². The van der Waals surface area contributed by atoms with Gasteiger partial charge >= 0.3 is 6.18 Å². The Kier molecular flexibility index (Phi) is 3.09. The minimum Gasteiger partial charge on any atom is -0.399 e. The lowest BCUT2D eigenvalue weighted by molar-refractivity contribution is -0.137. The Labute approximate surface area is 106 Å². The van der Waals surface area contributed by atoms with Crippen LogP contribution >= 0.6 is 0 Å². The van der Waals surface area contributed by atoms with E-state index < -0.39 is 17.6 Å². The molecular formula is C13H10F4N2. The summed E-state index contributed by atoms with van der Waals surface area (Å²) in [6, 6.07) is 6.63. The molecule has 2 nitrogen and oxygen atoms in total. The maximum atomic E-state index is 13.0. The zero-order valence-electron chi connectivity index (χ0n) is 9.63. The lowest BCUT2D eigenvalue weighted by Crippen LogP contribution is -2.08. The predicted molar refractivity (Wildman–Crippen MR) is 65.7 cm³/mol. The van der Waals surface area contributed by atoms with Crippen LogP contribution < -0.4 is 11.5 Å². The number of rotatable bonds is 1. The van der Waals surface area contributed by atoms with Crippen molar-refractivity contribution in [3.05, 3.63) is 47.8 Å². The van der Waals surface area contributed by atoms with Crippen LogP contribution in [-0.4, -0.2) is 0 Å². The van der Waals surface area contributed by atoms with Crippen molar-refractivity contribution in [2.75, 3.05) is 11.5 Å². The first kappa shape index (κ1) is 13.2. The number of nitrogen functional groups attached to an aromatic ring is 2. The molecule has 0 saturated heterocycles. The second-order valence-electron chi connectivity index (χ2n) is 4.08. The summed E-state index contributed by atoms with van der Waals surface area (Å²) in [4.78, 5) is 0.